The lowest BCUT2D eigenvalue weighted by Crippen LogP contribution is -2.56. The molecule has 5 rings (SSSR count). The van der Waals surface area contributed by atoms with Gasteiger partial charge in [0.05, 0.1) is 16.8 Å². The SMILES string of the molecule is C[C@]12CC[C@H]3[C@@H](CCC4OC(=O)CC[C@@]43C)[C@@H]1CC[C@@H]2C(=O)Nc1cc(C(F)(F)F)ccc1C(F)(F)F. The van der Waals surface area contributed by atoms with E-state index in [1.54, 1.807) is 0 Å². The quantitative estimate of drug-likeness (QED) is 0.324. The van der Waals surface area contributed by atoms with Crippen molar-refractivity contribution in [2.45, 2.75) is 83.7 Å². The van der Waals surface area contributed by atoms with E-state index >= 15 is 0 Å². The molecule has 1 aliphatic heterocycles. The van der Waals surface area contributed by atoms with Gasteiger partial charge >= 0.3 is 18.3 Å². The molecule has 204 valence electrons. The van der Waals surface area contributed by atoms with Crippen molar-refractivity contribution in [1.29, 1.82) is 0 Å². The first kappa shape index (κ1) is 26.4. The summed E-state index contributed by atoms with van der Waals surface area (Å²) in [6.07, 6.45) is -4.35. The Balaban J connectivity index is 1.39. The summed E-state index contributed by atoms with van der Waals surface area (Å²) < 4.78 is 86.1. The van der Waals surface area contributed by atoms with Crippen molar-refractivity contribution >= 4 is 17.6 Å². The van der Waals surface area contributed by atoms with Crippen LogP contribution in [0.3, 0.4) is 0 Å². The molecule has 10 heteroatoms. The summed E-state index contributed by atoms with van der Waals surface area (Å²) in [6, 6.07) is 1.13. The van der Waals surface area contributed by atoms with E-state index in [1.165, 1.54) is 0 Å². The van der Waals surface area contributed by atoms with Gasteiger partial charge in [0.1, 0.15) is 6.10 Å². The molecule has 1 amide bonds. The number of alkyl halides is 6. The average molecular weight is 532 g/mol. The third-order valence-electron chi connectivity index (χ3n) is 10.2. The molecule has 1 unspecified atom stereocenters. The van der Waals surface area contributed by atoms with Gasteiger partial charge in [-0.05, 0) is 86.3 Å². The van der Waals surface area contributed by atoms with Gasteiger partial charge in [0.15, 0.2) is 0 Å². The number of benzene rings is 1. The van der Waals surface area contributed by atoms with Crippen LogP contribution in [0, 0.1) is 34.5 Å². The molecule has 7 atom stereocenters. The molecular formula is C27H31F6NO3. The Labute approximate surface area is 211 Å². The molecule has 0 aromatic heterocycles. The van der Waals surface area contributed by atoms with Crippen molar-refractivity contribution in [2.75, 3.05) is 5.32 Å². The van der Waals surface area contributed by atoms with Crippen molar-refractivity contribution < 1.29 is 40.7 Å². The Morgan fingerprint density at radius 2 is 1.62 bits per heavy atom. The van der Waals surface area contributed by atoms with E-state index in [9.17, 15) is 35.9 Å². The predicted molar refractivity (Wildman–Crippen MR) is 122 cm³/mol. The maximum Gasteiger partial charge on any atom is 0.418 e. The third kappa shape index (κ3) is 4.32. The van der Waals surface area contributed by atoms with Gasteiger partial charge in [0.25, 0.3) is 0 Å². The van der Waals surface area contributed by atoms with Gasteiger partial charge in [-0.15, -0.1) is 0 Å². The Morgan fingerprint density at radius 1 is 0.919 bits per heavy atom. The van der Waals surface area contributed by atoms with Crippen LogP contribution in [-0.4, -0.2) is 18.0 Å². The number of amides is 1. The van der Waals surface area contributed by atoms with Crippen LogP contribution >= 0.6 is 0 Å². The summed E-state index contributed by atoms with van der Waals surface area (Å²) in [4.78, 5) is 25.3. The predicted octanol–water partition coefficient (Wildman–Crippen LogP) is 7.23. The Hall–Kier alpha value is -2.26. The molecule has 1 saturated heterocycles. The maximum absolute atomic E-state index is 13.6. The summed E-state index contributed by atoms with van der Waals surface area (Å²) in [5.74, 6) is -0.579. The summed E-state index contributed by atoms with van der Waals surface area (Å²) >= 11 is 0. The highest BCUT2D eigenvalue weighted by Gasteiger charge is 2.62. The lowest BCUT2D eigenvalue weighted by molar-refractivity contribution is -0.192. The minimum absolute atomic E-state index is 0.110. The summed E-state index contributed by atoms with van der Waals surface area (Å²) in [7, 11) is 0. The molecule has 37 heavy (non-hydrogen) atoms. The van der Waals surface area contributed by atoms with E-state index in [-0.39, 0.29) is 23.4 Å². The highest BCUT2D eigenvalue weighted by molar-refractivity contribution is 5.94. The number of rotatable bonds is 2. The third-order valence-corrected chi connectivity index (χ3v) is 10.2. The smallest absolute Gasteiger partial charge is 0.418 e. The number of nitrogens with one attached hydrogen (secondary N) is 1. The van der Waals surface area contributed by atoms with Gasteiger partial charge in [0, 0.05) is 17.8 Å². The van der Waals surface area contributed by atoms with Crippen molar-refractivity contribution in [1.82, 2.24) is 0 Å². The van der Waals surface area contributed by atoms with E-state index in [1.807, 2.05) is 6.92 Å². The molecule has 1 N–H and O–H groups in total. The zero-order valence-electron chi connectivity index (χ0n) is 20.8. The molecule has 0 spiro atoms. The summed E-state index contributed by atoms with van der Waals surface area (Å²) in [5.41, 5.74) is -3.98. The first-order valence-electron chi connectivity index (χ1n) is 12.9. The summed E-state index contributed by atoms with van der Waals surface area (Å²) in [5, 5.41) is 2.24. The number of carbonyl (C=O) groups is 2. The minimum atomic E-state index is -4.91. The molecular weight excluding hydrogens is 500 g/mol. The van der Waals surface area contributed by atoms with Gasteiger partial charge in [-0.25, -0.2) is 0 Å². The fraction of sp³-hybridized carbons (Fsp3) is 0.704. The lowest BCUT2D eigenvalue weighted by Gasteiger charge is -2.59. The zero-order chi connectivity index (χ0) is 27.0. The van der Waals surface area contributed by atoms with Gasteiger partial charge in [0.2, 0.25) is 5.91 Å². The van der Waals surface area contributed by atoms with E-state index in [2.05, 4.69) is 12.2 Å². The molecule has 4 nitrogen and oxygen atoms in total. The maximum atomic E-state index is 13.6. The molecule has 4 aliphatic rings. The van der Waals surface area contributed by atoms with Crippen LogP contribution in [0.15, 0.2) is 18.2 Å². The highest BCUT2D eigenvalue weighted by Crippen LogP contribution is 2.66. The van der Waals surface area contributed by atoms with Crippen LogP contribution in [0.25, 0.3) is 0 Å². The number of fused-ring (bicyclic) bond motifs is 5. The first-order valence-corrected chi connectivity index (χ1v) is 12.9. The van der Waals surface area contributed by atoms with Crippen molar-refractivity contribution in [3.05, 3.63) is 29.3 Å². The fourth-order valence-electron chi connectivity index (χ4n) is 8.27. The van der Waals surface area contributed by atoms with E-state index in [0.717, 1.165) is 32.1 Å². The molecule has 3 saturated carbocycles. The topological polar surface area (TPSA) is 55.4 Å². The van der Waals surface area contributed by atoms with Crippen LogP contribution in [0.1, 0.15) is 76.3 Å². The van der Waals surface area contributed by atoms with Crippen LogP contribution in [0.4, 0.5) is 32.0 Å². The van der Waals surface area contributed by atoms with Crippen LogP contribution < -0.4 is 5.32 Å². The van der Waals surface area contributed by atoms with E-state index < -0.39 is 46.4 Å². The minimum Gasteiger partial charge on any atom is -0.462 e. The lowest BCUT2D eigenvalue weighted by atomic mass is 9.47. The second-order valence-corrected chi connectivity index (χ2v) is 11.9. The zero-order valence-corrected chi connectivity index (χ0v) is 20.8. The molecule has 3 aliphatic carbocycles. The van der Waals surface area contributed by atoms with E-state index in [0.29, 0.717) is 49.3 Å². The number of ether oxygens (including phenoxy) is 1. The van der Waals surface area contributed by atoms with Crippen LogP contribution in [0.5, 0.6) is 0 Å². The second kappa shape index (κ2) is 8.63. The highest BCUT2D eigenvalue weighted by atomic mass is 19.4. The first-order chi connectivity index (χ1) is 17.1. The molecule has 0 radical (unpaired) electrons. The van der Waals surface area contributed by atoms with Gasteiger partial charge in [-0.2, -0.15) is 26.3 Å². The molecule has 1 heterocycles. The molecule has 1 aromatic carbocycles. The Kier molecular flexibility index (Phi) is 6.15. The van der Waals surface area contributed by atoms with Crippen LogP contribution in [0.2, 0.25) is 0 Å². The standard InChI is InChI=1S/C27H31F6NO3/c1-24-11-9-17-15(4-8-21-25(17,2)12-10-22(35)37-21)16(24)6-7-19(24)23(36)34-20-13-14(26(28,29)30)3-5-18(20)27(31,32)33/h3,5,13,15-17,19,21H,4,6-12H2,1-2H3,(H,34,36)/t15-,16-,17-,19+,21?,24-,25+/m0/s1. The van der Waals surface area contributed by atoms with Crippen molar-refractivity contribution in [2.24, 2.45) is 34.5 Å². The Morgan fingerprint density at radius 3 is 2.30 bits per heavy atom. The number of hydrogen-bond acceptors (Lipinski definition) is 3. The second-order valence-electron chi connectivity index (χ2n) is 11.9. The van der Waals surface area contributed by atoms with Crippen LogP contribution in [-0.2, 0) is 26.7 Å². The average Bonchev–Trinajstić information content (AvgIpc) is 3.15. The molecule has 1 aromatic rings. The van der Waals surface area contributed by atoms with Gasteiger partial charge in [-0.1, -0.05) is 13.8 Å². The molecule has 4 fully saturated rings. The van der Waals surface area contributed by atoms with E-state index in [4.69, 9.17) is 4.74 Å². The number of hydrogen-bond donors (Lipinski definition) is 1. The Bertz CT molecular complexity index is 1100. The van der Waals surface area contributed by atoms with Crippen molar-refractivity contribution in [3.8, 4) is 0 Å². The number of anilines is 1. The number of carbonyl (C=O) groups excluding carboxylic acids is 2. The van der Waals surface area contributed by atoms with Crippen molar-refractivity contribution in [3.63, 3.8) is 0 Å². The fourth-order valence-corrected chi connectivity index (χ4v) is 8.27. The largest absolute Gasteiger partial charge is 0.462 e. The van der Waals surface area contributed by atoms with Gasteiger partial charge in [-0.3, -0.25) is 9.59 Å². The number of halogens is 6. The monoisotopic (exact) mass is 531 g/mol. The number of esters is 1. The van der Waals surface area contributed by atoms with Gasteiger partial charge < -0.3 is 10.1 Å². The normalized spacial score (nSPS) is 37.7. The summed E-state index contributed by atoms with van der Waals surface area (Å²) in [6.45, 7) is 4.20. The molecule has 0 bridgehead atoms.